The van der Waals surface area contributed by atoms with Gasteiger partial charge in [-0.15, -0.1) is 0 Å². The smallest absolute Gasteiger partial charge is 0.123 e. The van der Waals surface area contributed by atoms with Crippen LogP contribution < -0.4 is 4.74 Å². The van der Waals surface area contributed by atoms with Gasteiger partial charge in [0.15, 0.2) is 0 Å². The first-order valence-corrected chi connectivity index (χ1v) is 8.43. The van der Waals surface area contributed by atoms with Crippen molar-refractivity contribution in [1.29, 1.82) is 0 Å². The Morgan fingerprint density at radius 3 is 2.79 bits per heavy atom. The van der Waals surface area contributed by atoms with Gasteiger partial charge in [-0.05, 0) is 24.3 Å². The Bertz CT molecular complexity index is 429. The van der Waals surface area contributed by atoms with Gasteiger partial charge in [0, 0.05) is 30.5 Å². The molecule has 19 heavy (non-hydrogen) atoms. The molecule has 104 valence electrons. The largest absolute Gasteiger partial charge is 0.492 e. The van der Waals surface area contributed by atoms with Crippen molar-refractivity contribution in [3.05, 3.63) is 29.8 Å². The van der Waals surface area contributed by atoms with E-state index in [2.05, 4.69) is 45.1 Å². The molecule has 1 aromatic rings. The standard InChI is InChI=1S/C16H22BrNO/c17-12-16(7-3-4-8-16)13-18-9-10-19-15-6-2-1-5-14(15)11-18/h1-2,5-6H,3-4,7-13H2. The van der Waals surface area contributed by atoms with Crippen LogP contribution in [0.1, 0.15) is 31.2 Å². The molecule has 1 saturated carbocycles. The summed E-state index contributed by atoms with van der Waals surface area (Å²) in [4.78, 5) is 2.58. The fraction of sp³-hybridized carbons (Fsp3) is 0.625. The lowest BCUT2D eigenvalue weighted by atomic mass is 9.88. The van der Waals surface area contributed by atoms with Crippen LogP contribution in [0.4, 0.5) is 0 Å². The van der Waals surface area contributed by atoms with Crippen molar-refractivity contribution in [3.8, 4) is 5.75 Å². The van der Waals surface area contributed by atoms with E-state index in [1.54, 1.807) is 0 Å². The van der Waals surface area contributed by atoms with E-state index in [1.807, 2.05) is 0 Å². The van der Waals surface area contributed by atoms with E-state index < -0.39 is 0 Å². The number of nitrogens with zero attached hydrogens (tertiary/aromatic N) is 1. The van der Waals surface area contributed by atoms with Crippen molar-refractivity contribution < 1.29 is 4.74 Å². The summed E-state index contributed by atoms with van der Waals surface area (Å²) in [6.07, 6.45) is 5.54. The molecule has 1 fully saturated rings. The zero-order chi connectivity index (χ0) is 13.1. The van der Waals surface area contributed by atoms with Crippen molar-refractivity contribution in [1.82, 2.24) is 4.90 Å². The fourth-order valence-electron chi connectivity index (χ4n) is 3.45. The highest BCUT2D eigenvalue weighted by Gasteiger charge is 2.35. The van der Waals surface area contributed by atoms with E-state index >= 15 is 0 Å². The quantitative estimate of drug-likeness (QED) is 0.784. The van der Waals surface area contributed by atoms with E-state index in [9.17, 15) is 0 Å². The number of ether oxygens (including phenoxy) is 1. The van der Waals surface area contributed by atoms with Gasteiger partial charge in [0.25, 0.3) is 0 Å². The third-order valence-electron chi connectivity index (χ3n) is 4.54. The molecule has 2 aliphatic rings. The van der Waals surface area contributed by atoms with E-state index in [-0.39, 0.29) is 0 Å². The molecule has 0 spiro atoms. The van der Waals surface area contributed by atoms with E-state index in [1.165, 1.54) is 37.8 Å². The second-order valence-electron chi connectivity index (χ2n) is 6.01. The molecule has 1 aliphatic heterocycles. The summed E-state index contributed by atoms with van der Waals surface area (Å²) in [6, 6.07) is 8.46. The van der Waals surface area contributed by atoms with Crippen molar-refractivity contribution in [3.63, 3.8) is 0 Å². The molecule has 0 N–H and O–H groups in total. The summed E-state index contributed by atoms with van der Waals surface area (Å²) < 4.78 is 5.86. The van der Waals surface area contributed by atoms with Crippen molar-refractivity contribution >= 4 is 15.9 Å². The molecule has 0 aromatic heterocycles. The Labute approximate surface area is 124 Å². The molecule has 1 aromatic carbocycles. The lowest BCUT2D eigenvalue weighted by molar-refractivity contribution is 0.153. The Hall–Kier alpha value is -0.540. The predicted molar refractivity (Wildman–Crippen MR) is 81.9 cm³/mol. The molecule has 3 rings (SSSR count). The second-order valence-corrected chi connectivity index (χ2v) is 6.57. The highest BCUT2D eigenvalue weighted by atomic mass is 79.9. The van der Waals surface area contributed by atoms with Crippen LogP contribution in [0.3, 0.4) is 0 Å². The maximum Gasteiger partial charge on any atom is 0.123 e. The first-order valence-electron chi connectivity index (χ1n) is 7.30. The molecule has 0 bridgehead atoms. The van der Waals surface area contributed by atoms with Gasteiger partial charge < -0.3 is 4.74 Å². The van der Waals surface area contributed by atoms with Crippen molar-refractivity contribution in [2.24, 2.45) is 5.41 Å². The van der Waals surface area contributed by atoms with E-state index in [4.69, 9.17) is 4.74 Å². The number of hydrogen-bond donors (Lipinski definition) is 0. The number of alkyl halides is 1. The van der Waals surface area contributed by atoms with Crippen LogP contribution in [-0.2, 0) is 6.54 Å². The monoisotopic (exact) mass is 323 g/mol. The summed E-state index contributed by atoms with van der Waals surface area (Å²) in [6.45, 7) is 4.10. The SMILES string of the molecule is BrCC1(CN2CCOc3ccccc3C2)CCCC1. The minimum atomic E-state index is 0.499. The van der Waals surface area contributed by atoms with Gasteiger partial charge in [0.05, 0.1) is 0 Å². The topological polar surface area (TPSA) is 12.5 Å². The Morgan fingerprint density at radius 2 is 2.00 bits per heavy atom. The summed E-state index contributed by atoms with van der Waals surface area (Å²) in [5.74, 6) is 1.07. The Kier molecular flexibility index (Phi) is 4.13. The minimum absolute atomic E-state index is 0.499. The summed E-state index contributed by atoms with van der Waals surface area (Å²) in [5, 5.41) is 1.14. The summed E-state index contributed by atoms with van der Waals surface area (Å²) in [5.41, 5.74) is 1.84. The minimum Gasteiger partial charge on any atom is -0.492 e. The average Bonchev–Trinajstić information content (AvgIpc) is 2.80. The molecular formula is C16H22BrNO. The van der Waals surface area contributed by atoms with Gasteiger partial charge in [-0.2, -0.15) is 0 Å². The molecule has 1 aliphatic carbocycles. The summed E-state index contributed by atoms with van der Waals surface area (Å²) >= 11 is 3.75. The molecule has 0 saturated heterocycles. The first kappa shape index (κ1) is 13.4. The fourth-order valence-corrected chi connectivity index (χ4v) is 4.19. The highest BCUT2D eigenvalue weighted by Crippen LogP contribution is 2.40. The molecule has 3 heteroatoms. The maximum absolute atomic E-state index is 5.86. The van der Waals surface area contributed by atoms with Gasteiger partial charge in [0.2, 0.25) is 0 Å². The van der Waals surface area contributed by atoms with Crippen LogP contribution in [0, 0.1) is 5.41 Å². The molecule has 1 heterocycles. The van der Waals surface area contributed by atoms with Crippen molar-refractivity contribution in [2.45, 2.75) is 32.2 Å². The third kappa shape index (κ3) is 2.97. The van der Waals surface area contributed by atoms with Crippen LogP contribution in [-0.4, -0.2) is 29.9 Å². The Morgan fingerprint density at radius 1 is 1.21 bits per heavy atom. The maximum atomic E-state index is 5.86. The van der Waals surface area contributed by atoms with E-state index in [0.29, 0.717) is 5.41 Å². The van der Waals surface area contributed by atoms with Crippen molar-refractivity contribution in [2.75, 3.05) is 25.0 Å². The zero-order valence-electron chi connectivity index (χ0n) is 11.4. The zero-order valence-corrected chi connectivity index (χ0v) is 13.0. The first-order chi connectivity index (χ1) is 9.31. The van der Waals surface area contributed by atoms with E-state index in [0.717, 1.165) is 30.8 Å². The molecule has 0 unspecified atom stereocenters. The normalized spacial score (nSPS) is 22.6. The number of benzene rings is 1. The summed E-state index contributed by atoms with van der Waals surface area (Å²) in [7, 11) is 0. The lowest BCUT2D eigenvalue weighted by Gasteiger charge is -2.33. The predicted octanol–water partition coefficient (Wildman–Crippen LogP) is 3.84. The van der Waals surface area contributed by atoms with Gasteiger partial charge in [-0.3, -0.25) is 4.90 Å². The number of halogens is 1. The average molecular weight is 324 g/mol. The molecule has 0 radical (unpaired) electrons. The van der Waals surface area contributed by atoms with Crippen LogP contribution in [0.2, 0.25) is 0 Å². The van der Waals surface area contributed by atoms with Gasteiger partial charge >= 0.3 is 0 Å². The Balaban J connectivity index is 1.72. The lowest BCUT2D eigenvalue weighted by Crippen LogP contribution is -2.38. The molecule has 2 nitrogen and oxygen atoms in total. The van der Waals surface area contributed by atoms with Gasteiger partial charge in [-0.1, -0.05) is 47.0 Å². The molecule has 0 amide bonds. The highest BCUT2D eigenvalue weighted by molar-refractivity contribution is 9.09. The molecular weight excluding hydrogens is 302 g/mol. The number of hydrogen-bond acceptors (Lipinski definition) is 2. The second kappa shape index (κ2) is 5.84. The number of rotatable bonds is 3. The van der Waals surface area contributed by atoms with Crippen LogP contribution >= 0.6 is 15.9 Å². The van der Waals surface area contributed by atoms with Gasteiger partial charge in [0.1, 0.15) is 12.4 Å². The molecule has 0 atom stereocenters. The number of fused-ring (bicyclic) bond motifs is 1. The number of para-hydroxylation sites is 1. The van der Waals surface area contributed by atoms with Gasteiger partial charge in [-0.25, -0.2) is 0 Å². The van der Waals surface area contributed by atoms with Crippen LogP contribution in [0.5, 0.6) is 5.75 Å². The third-order valence-corrected chi connectivity index (χ3v) is 5.73. The van der Waals surface area contributed by atoms with Crippen LogP contribution in [0.25, 0.3) is 0 Å². The van der Waals surface area contributed by atoms with Crippen LogP contribution in [0.15, 0.2) is 24.3 Å².